The molecule has 2 nitrogen and oxygen atoms in total. The highest BCUT2D eigenvalue weighted by Crippen LogP contribution is 2.40. The first-order valence-electron chi connectivity index (χ1n) is 10.4. The molecule has 0 spiro atoms. The van der Waals surface area contributed by atoms with Gasteiger partial charge in [-0.25, -0.2) is 0 Å². The first-order valence-corrected chi connectivity index (χ1v) is 10.4. The Labute approximate surface area is 172 Å². The Morgan fingerprint density at radius 2 is 1.86 bits per heavy atom. The van der Waals surface area contributed by atoms with Crippen molar-refractivity contribution in [3.8, 4) is 5.75 Å². The second-order valence-corrected chi connectivity index (χ2v) is 8.23. The van der Waals surface area contributed by atoms with Gasteiger partial charge in [-0.1, -0.05) is 61.1 Å². The van der Waals surface area contributed by atoms with Gasteiger partial charge in [0.2, 0.25) is 0 Å². The minimum absolute atomic E-state index is 0.0338. The molecule has 146 valence electrons. The van der Waals surface area contributed by atoms with E-state index in [1.807, 2.05) is 6.07 Å². The summed E-state index contributed by atoms with van der Waals surface area (Å²) in [6.07, 6.45) is 14.7. The highest BCUT2D eigenvalue weighted by molar-refractivity contribution is 5.84. The first kappa shape index (κ1) is 18.1. The van der Waals surface area contributed by atoms with E-state index in [0.717, 1.165) is 17.9 Å². The molecule has 1 heterocycles. The molecule has 3 atom stereocenters. The topological polar surface area (TPSA) is 18.5 Å². The SMILES string of the molecule is COc1ccc2cc(C(C)C3C=CC4=C(C=CC5CC=C(C)C=C45)O3)ccc2c1. The summed E-state index contributed by atoms with van der Waals surface area (Å²) in [5.74, 6) is 2.64. The van der Waals surface area contributed by atoms with Crippen LogP contribution in [0.25, 0.3) is 10.8 Å². The van der Waals surface area contributed by atoms with Gasteiger partial charge in [-0.15, -0.1) is 0 Å². The van der Waals surface area contributed by atoms with Crippen LogP contribution in [-0.2, 0) is 4.74 Å². The fourth-order valence-electron chi connectivity index (χ4n) is 4.52. The third-order valence-corrected chi connectivity index (χ3v) is 6.34. The highest BCUT2D eigenvalue weighted by Gasteiger charge is 2.29. The van der Waals surface area contributed by atoms with Crippen molar-refractivity contribution < 1.29 is 9.47 Å². The summed E-state index contributed by atoms with van der Waals surface area (Å²) in [5, 5.41) is 2.42. The highest BCUT2D eigenvalue weighted by atomic mass is 16.5. The Hall–Kier alpha value is -3.00. The molecule has 0 N–H and O–H groups in total. The molecule has 0 bridgehead atoms. The Bertz CT molecular complexity index is 1130. The van der Waals surface area contributed by atoms with E-state index in [2.05, 4.69) is 80.6 Å². The van der Waals surface area contributed by atoms with E-state index >= 15 is 0 Å². The lowest BCUT2D eigenvalue weighted by molar-refractivity contribution is 0.137. The molecule has 0 amide bonds. The lowest BCUT2D eigenvalue weighted by atomic mass is 9.79. The zero-order chi connectivity index (χ0) is 20.0. The van der Waals surface area contributed by atoms with Crippen LogP contribution in [0, 0.1) is 5.92 Å². The van der Waals surface area contributed by atoms with Gasteiger partial charge in [0, 0.05) is 17.4 Å². The van der Waals surface area contributed by atoms with Gasteiger partial charge in [-0.2, -0.15) is 0 Å². The van der Waals surface area contributed by atoms with Crippen LogP contribution < -0.4 is 4.74 Å². The van der Waals surface area contributed by atoms with Crippen molar-refractivity contribution in [2.45, 2.75) is 32.3 Å². The van der Waals surface area contributed by atoms with Gasteiger partial charge in [0.15, 0.2) is 0 Å². The summed E-state index contributed by atoms with van der Waals surface area (Å²) in [6, 6.07) is 12.9. The van der Waals surface area contributed by atoms with Gasteiger partial charge in [0.1, 0.15) is 17.6 Å². The van der Waals surface area contributed by atoms with E-state index in [0.29, 0.717) is 5.92 Å². The molecule has 0 saturated carbocycles. The minimum Gasteiger partial charge on any atom is -0.497 e. The number of allylic oxidation sites excluding steroid dienone is 8. The first-order chi connectivity index (χ1) is 14.1. The molecule has 2 heteroatoms. The number of benzene rings is 2. The molecule has 2 aromatic carbocycles. The second kappa shape index (κ2) is 7.11. The van der Waals surface area contributed by atoms with Crippen molar-refractivity contribution in [1.82, 2.24) is 0 Å². The van der Waals surface area contributed by atoms with Crippen molar-refractivity contribution in [1.29, 1.82) is 0 Å². The molecule has 3 unspecified atom stereocenters. The van der Waals surface area contributed by atoms with Gasteiger partial charge in [0.25, 0.3) is 0 Å². The second-order valence-electron chi connectivity index (χ2n) is 8.23. The van der Waals surface area contributed by atoms with Gasteiger partial charge < -0.3 is 9.47 Å². The van der Waals surface area contributed by atoms with E-state index in [1.165, 1.54) is 33.1 Å². The zero-order valence-electron chi connectivity index (χ0n) is 17.2. The van der Waals surface area contributed by atoms with Crippen LogP contribution in [0.1, 0.15) is 31.7 Å². The Balaban J connectivity index is 1.41. The van der Waals surface area contributed by atoms with E-state index in [-0.39, 0.29) is 12.0 Å². The van der Waals surface area contributed by atoms with Crippen molar-refractivity contribution in [2.75, 3.05) is 7.11 Å². The molecule has 1 aliphatic heterocycles. The van der Waals surface area contributed by atoms with E-state index in [9.17, 15) is 0 Å². The fraction of sp³-hybridized carbons (Fsp3) is 0.259. The molecule has 0 saturated heterocycles. The number of methoxy groups -OCH3 is 1. The standard InChI is InChI=1S/C27H26O2/c1-17-4-5-19-9-12-27-24(25(19)14-17)11-13-26(29-27)18(2)20-6-7-22-16-23(28-3)10-8-21(22)15-20/h4,6-16,18-19,26H,5H2,1-3H3. The van der Waals surface area contributed by atoms with Gasteiger partial charge in [0.05, 0.1) is 7.11 Å². The quantitative estimate of drug-likeness (QED) is 0.594. The molecule has 29 heavy (non-hydrogen) atoms. The average Bonchev–Trinajstić information content (AvgIpc) is 2.77. The van der Waals surface area contributed by atoms with Crippen LogP contribution >= 0.6 is 0 Å². The zero-order valence-corrected chi connectivity index (χ0v) is 17.2. The number of hydrogen-bond acceptors (Lipinski definition) is 2. The summed E-state index contributed by atoms with van der Waals surface area (Å²) < 4.78 is 11.8. The Kier molecular flexibility index (Phi) is 4.43. The monoisotopic (exact) mass is 382 g/mol. The maximum atomic E-state index is 6.47. The predicted octanol–water partition coefficient (Wildman–Crippen LogP) is 6.62. The molecular formula is C27H26O2. The van der Waals surface area contributed by atoms with Crippen LogP contribution in [-0.4, -0.2) is 13.2 Å². The fourth-order valence-corrected chi connectivity index (χ4v) is 4.52. The molecule has 2 aliphatic carbocycles. The van der Waals surface area contributed by atoms with Crippen LogP contribution in [0.3, 0.4) is 0 Å². The molecule has 3 aliphatic rings. The number of ether oxygens (including phenoxy) is 2. The maximum absolute atomic E-state index is 6.47. The molecule has 0 aromatic heterocycles. The normalized spacial score (nSPS) is 23.7. The van der Waals surface area contributed by atoms with Gasteiger partial charge in [-0.3, -0.25) is 0 Å². The largest absolute Gasteiger partial charge is 0.497 e. The van der Waals surface area contributed by atoms with E-state index < -0.39 is 0 Å². The summed E-state index contributed by atoms with van der Waals surface area (Å²) in [5.41, 5.74) is 5.27. The maximum Gasteiger partial charge on any atom is 0.127 e. The van der Waals surface area contributed by atoms with Crippen molar-refractivity contribution >= 4 is 10.8 Å². The Morgan fingerprint density at radius 3 is 2.72 bits per heavy atom. The molecule has 0 radical (unpaired) electrons. The molecular weight excluding hydrogens is 356 g/mol. The van der Waals surface area contributed by atoms with Crippen molar-refractivity contribution in [3.63, 3.8) is 0 Å². The number of rotatable bonds is 3. The van der Waals surface area contributed by atoms with Crippen molar-refractivity contribution in [2.24, 2.45) is 5.92 Å². The predicted molar refractivity (Wildman–Crippen MR) is 119 cm³/mol. The Morgan fingerprint density at radius 1 is 1.03 bits per heavy atom. The summed E-state index contributed by atoms with van der Waals surface area (Å²) in [6.45, 7) is 4.42. The number of fused-ring (bicyclic) bond motifs is 3. The van der Waals surface area contributed by atoms with E-state index in [4.69, 9.17) is 9.47 Å². The van der Waals surface area contributed by atoms with Crippen LogP contribution in [0.2, 0.25) is 0 Å². The number of hydrogen-bond donors (Lipinski definition) is 0. The summed E-state index contributed by atoms with van der Waals surface area (Å²) in [4.78, 5) is 0. The van der Waals surface area contributed by atoms with Crippen molar-refractivity contribution in [3.05, 3.63) is 101 Å². The lowest BCUT2D eigenvalue weighted by Gasteiger charge is -2.33. The molecule has 5 rings (SSSR count). The van der Waals surface area contributed by atoms with Gasteiger partial charge >= 0.3 is 0 Å². The third-order valence-electron chi connectivity index (χ3n) is 6.34. The van der Waals surface area contributed by atoms with Crippen LogP contribution in [0.5, 0.6) is 5.75 Å². The van der Waals surface area contributed by atoms with Gasteiger partial charge in [-0.05, 0) is 59.5 Å². The van der Waals surface area contributed by atoms with Crippen LogP contribution in [0.4, 0.5) is 0 Å². The summed E-state index contributed by atoms with van der Waals surface area (Å²) >= 11 is 0. The lowest BCUT2D eigenvalue weighted by Crippen LogP contribution is -2.23. The smallest absolute Gasteiger partial charge is 0.127 e. The van der Waals surface area contributed by atoms with E-state index in [1.54, 1.807) is 7.11 Å². The molecule has 2 aromatic rings. The average molecular weight is 383 g/mol. The third kappa shape index (κ3) is 3.23. The minimum atomic E-state index is 0.0338. The molecule has 0 fully saturated rings. The summed E-state index contributed by atoms with van der Waals surface area (Å²) in [7, 11) is 1.70. The van der Waals surface area contributed by atoms with Crippen LogP contribution in [0.15, 0.2) is 95.3 Å².